The SMILES string of the molecule is N#Cc1cc(F)ccc1NN=C(c1ccccc1)c1ccccc1. The van der Waals surface area contributed by atoms with Crippen molar-refractivity contribution >= 4 is 11.4 Å². The van der Waals surface area contributed by atoms with E-state index in [0.29, 0.717) is 5.69 Å². The number of hydrogen-bond acceptors (Lipinski definition) is 3. The minimum absolute atomic E-state index is 0.208. The number of anilines is 1. The number of hydrazone groups is 1. The van der Waals surface area contributed by atoms with E-state index in [1.807, 2.05) is 66.7 Å². The predicted molar refractivity (Wildman–Crippen MR) is 93.3 cm³/mol. The maximum Gasteiger partial charge on any atom is 0.124 e. The van der Waals surface area contributed by atoms with E-state index in [9.17, 15) is 4.39 Å². The molecule has 0 saturated carbocycles. The van der Waals surface area contributed by atoms with E-state index in [4.69, 9.17) is 5.26 Å². The van der Waals surface area contributed by atoms with Crippen molar-refractivity contribution in [1.29, 1.82) is 5.26 Å². The summed E-state index contributed by atoms with van der Waals surface area (Å²) in [5.74, 6) is -0.451. The van der Waals surface area contributed by atoms with Gasteiger partial charge in [-0.15, -0.1) is 0 Å². The molecule has 0 amide bonds. The fourth-order valence-corrected chi connectivity index (χ4v) is 2.31. The van der Waals surface area contributed by atoms with Gasteiger partial charge in [0.1, 0.15) is 11.9 Å². The van der Waals surface area contributed by atoms with Crippen LogP contribution in [0.4, 0.5) is 10.1 Å². The molecule has 4 heteroatoms. The molecule has 0 unspecified atom stereocenters. The Hall–Kier alpha value is -3.45. The molecular weight excluding hydrogens is 301 g/mol. The molecule has 3 aromatic carbocycles. The average molecular weight is 315 g/mol. The van der Waals surface area contributed by atoms with Crippen molar-refractivity contribution in [2.45, 2.75) is 0 Å². The lowest BCUT2D eigenvalue weighted by Gasteiger charge is -2.09. The third-order valence-electron chi connectivity index (χ3n) is 3.48. The maximum atomic E-state index is 13.2. The Morgan fingerprint density at radius 3 is 2.00 bits per heavy atom. The van der Waals surface area contributed by atoms with Gasteiger partial charge < -0.3 is 0 Å². The Bertz CT molecular complexity index is 856. The number of hydrogen-bond donors (Lipinski definition) is 1. The molecule has 0 aromatic heterocycles. The summed E-state index contributed by atoms with van der Waals surface area (Å²) < 4.78 is 13.2. The molecule has 1 N–H and O–H groups in total. The van der Waals surface area contributed by atoms with E-state index < -0.39 is 5.82 Å². The summed E-state index contributed by atoms with van der Waals surface area (Å²) in [5, 5.41) is 13.6. The van der Waals surface area contributed by atoms with Gasteiger partial charge in [0.2, 0.25) is 0 Å². The molecule has 24 heavy (non-hydrogen) atoms. The van der Waals surface area contributed by atoms with Gasteiger partial charge in [0.05, 0.1) is 17.0 Å². The predicted octanol–water partition coefficient (Wildman–Crippen LogP) is 4.56. The molecule has 0 bridgehead atoms. The lowest BCUT2D eigenvalue weighted by molar-refractivity contribution is 0.627. The van der Waals surface area contributed by atoms with Crippen LogP contribution in [-0.4, -0.2) is 5.71 Å². The van der Waals surface area contributed by atoms with Crippen molar-refractivity contribution in [2.24, 2.45) is 5.10 Å². The normalized spacial score (nSPS) is 9.83. The quantitative estimate of drug-likeness (QED) is 0.566. The number of nitrogens with zero attached hydrogens (tertiary/aromatic N) is 2. The average Bonchev–Trinajstić information content (AvgIpc) is 2.64. The Kier molecular flexibility index (Phi) is 4.64. The van der Waals surface area contributed by atoms with Gasteiger partial charge in [0.15, 0.2) is 0 Å². The van der Waals surface area contributed by atoms with Gasteiger partial charge in [-0.3, -0.25) is 5.43 Å². The lowest BCUT2D eigenvalue weighted by atomic mass is 10.0. The topological polar surface area (TPSA) is 48.2 Å². The summed E-state index contributed by atoms with van der Waals surface area (Å²) in [6, 6.07) is 25.4. The van der Waals surface area contributed by atoms with Gasteiger partial charge in [-0.1, -0.05) is 60.7 Å². The van der Waals surface area contributed by atoms with Gasteiger partial charge in [0.25, 0.3) is 0 Å². The van der Waals surface area contributed by atoms with Crippen LogP contribution in [0.5, 0.6) is 0 Å². The Morgan fingerprint density at radius 1 is 0.875 bits per heavy atom. The zero-order valence-corrected chi connectivity index (χ0v) is 12.8. The molecule has 0 aliphatic carbocycles. The van der Waals surface area contributed by atoms with E-state index in [2.05, 4.69) is 10.5 Å². The molecular formula is C20H14FN3. The first-order chi connectivity index (χ1) is 11.8. The Morgan fingerprint density at radius 2 is 1.46 bits per heavy atom. The summed E-state index contributed by atoms with van der Waals surface area (Å²) in [7, 11) is 0. The van der Waals surface area contributed by atoms with Crippen LogP contribution in [0, 0.1) is 17.1 Å². The first-order valence-corrected chi connectivity index (χ1v) is 7.42. The van der Waals surface area contributed by atoms with Crippen molar-refractivity contribution in [3.05, 3.63) is 101 Å². The monoisotopic (exact) mass is 315 g/mol. The largest absolute Gasteiger partial charge is 0.277 e. The van der Waals surface area contributed by atoms with Gasteiger partial charge in [-0.05, 0) is 18.2 Å². The van der Waals surface area contributed by atoms with Crippen LogP contribution in [0.25, 0.3) is 0 Å². The molecule has 0 aliphatic heterocycles. The van der Waals surface area contributed by atoms with Gasteiger partial charge >= 0.3 is 0 Å². The summed E-state index contributed by atoms with van der Waals surface area (Å²) in [5.41, 5.74) is 6.18. The second-order valence-corrected chi connectivity index (χ2v) is 5.11. The lowest BCUT2D eigenvalue weighted by Crippen LogP contribution is -2.07. The number of nitriles is 1. The molecule has 3 nitrogen and oxygen atoms in total. The van der Waals surface area contributed by atoms with Crippen LogP contribution in [0.3, 0.4) is 0 Å². The first kappa shape index (κ1) is 15.4. The van der Waals surface area contributed by atoms with Crippen LogP contribution >= 0.6 is 0 Å². The molecule has 0 atom stereocenters. The molecule has 0 saturated heterocycles. The Balaban J connectivity index is 2.01. The van der Waals surface area contributed by atoms with Gasteiger partial charge in [0, 0.05) is 11.1 Å². The van der Waals surface area contributed by atoms with E-state index in [0.717, 1.165) is 16.8 Å². The van der Waals surface area contributed by atoms with Crippen LogP contribution in [-0.2, 0) is 0 Å². The Labute approximate surface area is 139 Å². The molecule has 3 aromatic rings. The van der Waals surface area contributed by atoms with Crippen molar-refractivity contribution in [1.82, 2.24) is 0 Å². The summed E-state index contributed by atoms with van der Waals surface area (Å²) in [6.45, 7) is 0. The minimum atomic E-state index is -0.451. The van der Waals surface area contributed by atoms with Gasteiger partial charge in [-0.25, -0.2) is 4.39 Å². The fraction of sp³-hybridized carbons (Fsp3) is 0. The molecule has 0 fully saturated rings. The summed E-state index contributed by atoms with van der Waals surface area (Å²) in [6.07, 6.45) is 0. The van der Waals surface area contributed by atoms with Crippen LogP contribution in [0.15, 0.2) is 84.0 Å². The third-order valence-corrected chi connectivity index (χ3v) is 3.48. The number of halogens is 1. The van der Waals surface area contributed by atoms with Crippen molar-refractivity contribution in [2.75, 3.05) is 5.43 Å². The molecule has 0 radical (unpaired) electrons. The van der Waals surface area contributed by atoms with Crippen molar-refractivity contribution < 1.29 is 4.39 Å². The van der Waals surface area contributed by atoms with Gasteiger partial charge in [-0.2, -0.15) is 10.4 Å². The number of rotatable bonds is 4. The number of benzene rings is 3. The fourth-order valence-electron chi connectivity index (χ4n) is 2.31. The zero-order valence-electron chi connectivity index (χ0n) is 12.8. The molecule has 0 spiro atoms. The summed E-state index contributed by atoms with van der Waals surface area (Å²) in [4.78, 5) is 0. The molecule has 0 aliphatic rings. The van der Waals surface area contributed by atoms with Crippen molar-refractivity contribution in [3.63, 3.8) is 0 Å². The minimum Gasteiger partial charge on any atom is -0.277 e. The maximum absolute atomic E-state index is 13.2. The van der Waals surface area contributed by atoms with E-state index in [1.54, 1.807) is 0 Å². The molecule has 0 heterocycles. The van der Waals surface area contributed by atoms with E-state index in [1.165, 1.54) is 18.2 Å². The van der Waals surface area contributed by atoms with Crippen molar-refractivity contribution in [3.8, 4) is 6.07 Å². The molecule has 116 valence electrons. The first-order valence-electron chi connectivity index (χ1n) is 7.42. The highest BCUT2D eigenvalue weighted by molar-refractivity contribution is 6.13. The zero-order chi connectivity index (χ0) is 16.8. The summed E-state index contributed by atoms with van der Waals surface area (Å²) >= 11 is 0. The third kappa shape index (κ3) is 3.47. The smallest absolute Gasteiger partial charge is 0.124 e. The van der Waals surface area contributed by atoms with Crippen LogP contribution in [0.2, 0.25) is 0 Å². The second-order valence-electron chi connectivity index (χ2n) is 5.11. The second kappa shape index (κ2) is 7.21. The van der Waals surface area contributed by atoms with Crippen LogP contribution < -0.4 is 5.43 Å². The van der Waals surface area contributed by atoms with Crippen LogP contribution in [0.1, 0.15) is 16.7 Å². The highest BCUT2D eigenvalue weighted by Gasteiger charge is 2.08. The highest BCUT2D eigenvalue weighted by atomic mass is 19.1. The van der Waals surface area contributed by atoms with E-state index >= 15 is 0 Å². The molecule has 3 rings (SSSR count). The standard InChI is InChI=1S/C20H14FN3/c21-18-11-12-19(17(13-18)14-22)23-24-20(15-7-3-1-4-8-15)16-9-5-2-6-10-16/h1-13,23H. The number of nitrogens with one attached hydrogen (secondary N) is 1. The van der Waals surface area contributed by atoms with E-state index in [-0.39, 0.29) is 5.56 Å². The highest BCUT2D eigenvalue weighted by Crippen LogP contribution is 2.17.